The monoisotopic (exact) mass is 770 g/mol. The number of hydrogen-bond donors (Lipinski definition) is 1. The number of hydrogen-bond acceptors (Lipinski definition) is 7. The molecule has 6 unspecified atom stereocenters. The molecule has 0 spiro atoms. The Labute approximate surface area is 327 Å². The number of amides is 4. The lowest BCUT2D eigenvalue weighted by Gasteiger charge is -2.49. The summed E-state index contributed by atoms with van der Waals surface area (Å²) in [4.78, 5) is 62.0. The first-order chi connectivity index (χ1) is 26.4. The van der Waals surface area contributed by atoms with Crippen LogP contribution in [0.1, 0.15) is 47.9 Å². The first-order valence-corrected chi connectivity index (χ1v) is 19.8. The van der Waals surface area contributed by atoms with Crippen LogP contribution in [0.4, 0.5) is 5.82 Å². The van der Waals surface area contributed by atoms with Crippen LogP contribution in [0, 0.1) is 36.0 Å². The topological polar surface area (TPSA) is 113 Å². The van der Waals surface area contributed by atoms with Crippen LogP contribution in [0.25, 0.3) is 20.7 Å². The van der Waals surface area contributed by atoms with Gasteiger partial charge in [-0.15, -0.1) is 17.9 Å². The Morgan fingerprint density at radius 2 is 1.78 bits per heavy atom. The molecule has 55 heavy (non-hydrogen) atoms. The number of carbonyl (C=O) groups is 4. The predicted octanol–water partition coefficient (Wildman–Crippen LogP) is 8.13. The minimum absolute atomic E-state index is 0.0393. The number of carbonyl (C=O) groups excluding carboxylic acids is 4. The Balaban J connectivity index is 1.15. The van der Waals surface area contributed by atoms with E-state index in [4.69, 9.17) is 16.7 Å². The van der Waals surface area contributed by atoms with Gasteiger partial charge < -0.3 is 5.11 Å². The van der Waals surface area contributed by atoms with E-state index in [1.54, 1.807) is 35.2 Å². The molecule has 278 valence electrons. The van der Waals surface area contributed by atoms with E-state index in [0.29, 0.717) is 40.5 Å². The highest BCUT2D eigenvalue weighted by Gasteiger charge is 2.68. The number of aryl methyl sites for hydroxylation is 2. The van der Waals surface area contributed by atoms with Crippen molar-refractivity contribution in [3.63, 3.8) is 0 Å². The third kappa shape index (κ3) is 5.14. The Morgan fingerprint density at radius 1 is 1.00 bits per heavy atom. The van der Waals surface area contributed by atoms with Crippen LogP contribution in [0.2, 0.25) is 5.02 Å². The van der Waals surface area contributed by atoms with Crippen LogP contribution in [0.3, 0.4) is 0 Å². The van der Waals surface area contributed by atoms with Crippen molar-refractivity contribution in [2.45, 2.75) is 45.6 Å². The number of anilines is 1. The summed E-state index contributed by atoms with van der Waals surface area (Å²) in [7, 11) is 1.72. The predicted molar refractivity (Wildman–Crippen MR) is 212 cm³/mol. The SMILES string of the molecule is C=CCc1cccc(C2C3=CCC4C(=O)N(Cc5ccccc5)C(=O)C4C3CC3C(=O)N(c4cc(-c5sc6ccc(Cl)cc6c5C)nn4C)C(=O)C32C)c1O. The molecule has 0 radical (unpaired) electrons. The van der Waals surface area contributed by atoms with Gasteiger partial charge >= 0.3 is 0 Å². The van der Waals surface area contributed by atoms with Gasteiger partial charge in [0.05, 0.1) is 34.6 Å². The maximum absolute atomic E-state index is 15.2. The number of rotatable bonds is 7. The van der Waals surface area contributed by atoms with Gasteiger partial charge in [0.15, 0.2) is 0 Å². The largest absolute Gasteiger partial charge is 0.507 e. The number of allylic oxidation sites excluding steroid dienone is 3. The summed E-state index contributed by atoms with van der Waals surface area (Å²) >= 11 is 7.90. The first kappa shape index (κ1) is 35.4. The summed E-state index contributed by atoms with van der Waals surface area (Å²) in [6.07, 6.45) is 4.66. The number of fused-ring (bicyclic) bond motifs is 5. The zero-order chi connectivity index (χ0) is 38.5. The van der Waals surface area contributed by atoms with Crippen LogP contribution in [0.15, 0.2) is 97.1 Å². The molecule has 4 aliphatic rings. The third-order valence-electron chi connectivity index (χ3n) is 12.6. The van der Waals surface area contributed by atoms with E-state index < -0.39 is 40.9 Å². The van der Waals surface area contributed by atoms with Gasteiger partial charge in [-0.05, 0) is 79.3 Å². The molecule has 2 aromatic heterocycles. The number of para-hydroxylation sites is 1. The molecule has 1 N–H and O–H groups in total. The van der Waals surface area contributed by atoms with Gasteiger partial charge in [0.2, 0.25) is 23.6 Å². The van der Waals surface area contributed by atoms with E-state index in [1.165, 1.54) is 9.80 Å². The number of nitrogens with zero attached hydrogens (tertiary/aromatic N) is 4. The van der Waals surface area contributed by atoms with Crippen molar-refractivity contribution >= 4 is 62.5 Å². The zero-order valence-electron chi connectivity index (χ0n) is 30.7. The van der Waals surface area contributed by atoms with Gasteiger partial charge in [-0.2, -0.15) is 5.10 Å². The number of thiophene rings is 1. The standard InChI is InChI=1S/C44H39ClN4O5S/c1-5-10-25-13-9-14-29(38(25)50)37-27-16-17-28-36(42(53)48(40(28)51)22-24-11-7-6-8-12-24)31(27)20-32-41(52)49(43(54)44(32,37)3)35-21-33(46-47(35)4)39-23(2)30-19-26(45)15-18-34(30)55-39/h5-9,11-16,18-19,21,28,31-32,36-37,50H,1,10,17,20,22H2,2-4H3. The van der Waals surface area contributed by atoms with E-state index in [1.807, 2.05) is 86.7 Å². The van der Waals surface area contributed by atoms with Crippen molar-refractivity contribution in [2.24, 2.45) is 36.1 Å². The molecule has 3 fully saturated rings. The van der Waals surface area contributed by atoms with Gasteiger partial charge in [-0.3, -0.25) is 28.8 Å². The molecule has 0 bridgehead atoms. The van der Waals surface area contributed by atoms with Gasteiger partial charge in [-0.1, -0.05) is 77.9 Å². The Bertz CT molecular complexity index is 2520. The van der Waals surface area contributed by atoms with Crippen LogP contribution >= 0.6 is 22.9 Å². The highest BCUT2D eigenvalue weighted by Crippen LogP contribution is 2.64. The minimum atomic E-state index is -1.32. The number of aromatic hydroxyl groups is 1. The van der Waals surface area contributed by atoms with Crippen LogP contribution in [0.5, 0.6) is 5.75 Å². The number of likely N-dealkylation sites (tertiary alicyclic amines) is 1. The summed E-state index contributed by atoms with van der Waals surface area (Å²) in [5, 5.41) is 18.3. The molecule has 9 rings (SSSR count). The lowest BCUT2D eigenvalue weighted by molar-refractivity contribution is -0.141. The molecule has 9 nitrogen and oxygen atoms in total. The van der Waals surface area contributed by atoms with Crippen LogP contribution in [-0.4, -0.2) is 43.4 Å². The van der Waals surface area contributed by atoms with E-state index in [2.05, 4.69) is 6.58 Å². The fourth-order valence-electron chi connectivity index (χ4n) is 9.94. The van der Waals surface area contributed by atoms with E-state index in [0.717, 1.165) is 31.7 Å². The molecule has 6 atom stereocenters. The molecule has 11 heteroatoms. The van der Waals surface area contributed by atoms with Crippen molar-refractivity contribution in [2.75, 3.05) is 4.90 Å². The number of phenolic OH excluding ortho intramolecular Hbond substituents is 1. The smallest absolute Gasteiger partial charge is 0.242 e. The number of phenols is 1. The van der Waals surface area contributed by atoms with Crippen molar-refractivity contribution in [1.29, 1.82) is 0 Å². The maximum atomic E-state index is 15.2. The normalized spacial score (nSPS) is 26.0. The number of imide groups is 2. The van der Waals surface area contributed by atoms with Crippen molar-refractivity contribution < 1.29 is 24.3 Å². The average Bonchev–Trinajstić information content (AvgIpc) is 3.84. The highest BCUT2D eigenvalue weighted by molar-refractivity contribution is 7.22. The van der Waals surface area contributed by atoms with E-state index >= 15 is 4.79 Å². The molecular weight excluding hydrogens is 732 g/mol. The second-order valence-electron chi connectivity index (χ2n) is 15.5. The minimum Gasteiger partial charge on any atom is -0.507 e. The molecule has 5 aromatic rings. The molecule has 2 aliphatic heterocycles. The molecular formula is C44H39ClN4O5S. The van der Waals surface area contributed by atoms with Crippen LogP contribution < -0.4 is 4.90 Å². The summed E-state index contributed by atoms with van der Waals surface area (Å²) < 4.78 is 2.62. The number of halogens is 1. The summed E-state index contributed by atoms with van der Waals surface area (Å²) in [5.41, 5.74) is 3.16. The lowest BCUT2D eigenvalue weighted by atomic mass is 9.51. The second-order valence-corrected chi connectivity index (χ2v) is 17.0. The molecule has 4 heterocycles. The fraction of sp³-hybridized carbons (Fsp3) is 0.295. The van der Waals surface area contributed by atoms with Crippen molar-refractivity contribution in [3.8, 4) is 16.3 Å². The van der Waals surface area contributed by atoms with Gasteiger partial charge in [0.1, 0.15) is 17.3 Å². The van der Waals surface area contributed by atoms with Crippen LogP contribution in [-0.2, 0) is 39.2 Å². The molecule has 3 aromatic carbocycles. The zero-order valence-corrected chi connectivity index (χ0v) is 32.2. The summed E-state index contributed by atoms with van der Waals surface area (Å²) in [6, 6.07) is 22.5. The molecule has 1 saturated carbocycles. The highest BCUT2D eigenvalue weighted by atomic mass is 35.5. The summed E-state index contributed by atoms with van der Waals surface area (Å²) in [5.74, 6) is -4.20. The maximum Gasteiger partial charge on any atom is 0.242 e. The first-order valence-electron chi connectivity index (χ1n) is 18.6. The van der Waals surface area contributed by atoms with Gasteiger partial charge in [0.25, 0.3) is 0 Å². The van der Waals surface area contributed by atoms with Gasteiger partial charge in [0, 0.05) is 34.3 Å². The Hall–Kier alpha value is -5.32. The van der Waals surface area contributed by atoms with Crippen molar-refractivity contribution in [1.82, 2.24) is 14.7 Å². The quantitative estimate of drug-likeness (QED) is 0.132. The number of aromatic nitrogens is 2. The number of benzene rings is 3. The van der Waals surface area contributed by atoms with E-state index in [9.17, 15) is 19.5 Å². The van der Waals surface area contributed by atoms with E-state index in [-0.39, 0.29) is 36.4 Å². The Morgan fingerprint density at radius 3 is 2.55 bits per heavy atom. The Kier molecular flexibility index (Phi) is 8.29. The summed E-state index contributed by atoms with van der Waals surface area (Å²) in [6.45, 7) is 7.87. The molecule has 2 saturated heterocycles. The van der Waals surface area contributed by atoms with Gasteiger partial charge in [-0.25, -0.2) is 4.90 Å². The molecule has 4 amide bonds. The fourth-order valence-corrected chi connectivity index (χ4v) is 11.3. The lowest BCUT2D eigenvalue weighted by Crippen LogP contribution is -2.49. The second kappa shape index (κ2) is 12.9. The average molecular weight is 771 g/mol. The van der Waals surface area contributed by atoms with Crippen molar-refractivity contribution in [3.05, 3.63) is 124 Å². The third-order valence-corrected chi connectivity index (χ3v) is 14.1. The molecule has 2 aliphatic carbocycles.